The van der Waals surface area contributed by atoms with Gasteiger partial charge in [-0.1, -0.05) is 12.1 Å². The standard InChI is InChI=1S/C18H18F3O3/c1-11(12-5-7-13(8-6-12)18(19,20)21)17-15(23-3)9-14(22-2)10-16(17)24-4/h5-11H,1H2,2-4H3. The minimum absolute atomic E-state index is 0.469. The summed E-state index contributed by atoms with van der Waals surface area (Å²) in [5, 5.41) is 0. The van der Waals surface area contributed by atoms with Gasteiger partial charge in [0.2, 0.25) is 0 Å². The van der Waals surface area contributed by atoms with Gasteiger partial charge in [-0.15, -0.1) is 0 Å². The lowest BCUT2D eigenvalue weighted by molar-refractivity contribution is -0.137. The Balaban J connectivity index is 2.47. The third kappa shape index (κ3) is 3.58. The average Bonchev–Trinajstić information content (AvgIpc) is 2.59. The van der Waals surface area contributed by atoms with Crippen LogP contribution < -0.4 is 14.2 Å². The molecule has 2 aromatic rings. The number of rotatable bonds is 5. The van der Waals surface area contributed by atoms with Crippen LogP contribution in [0, 0.1) is 6.92 Å². The lowest BCUT2D eigenvalue weighted by atomic mass is 9.91. The molecule has 3 nitrogen and oxygen atoms in total. The summed E-state index contributed by atoms with van der Waals surface area (Å²) in [6, 6.07) is 8.25. The first-order valence-electron chi connectivity index (χ1n) is 7.12. The fraction of sp³-hybridized carbons (Fsp3) is 0.278. The maximum Gasteiger partial charge on any atom is 0.416 e. The zero-order chi connectivity index (χ0) is 17.9. The van der Waals surface area contributed by atoms with E-state index in [0.717, 1.165) is 12.1 Å². The molecule has 2 aromatic carbocycles. The largest absolute Gasteiger partial charge is 0.496 e. The number of ether oxygens (including phenoxy) is 3. The van der Waals surface area contributed by atoms with Crippen LogP contribution in [0.1, 0.15) is 22.6 Å². The number of alkyl halides is 3. The van der Waals surface area contributed by atoms with E-state index in [1.165, 1.54) is 33.5 Å². The van der Waals surface area contributed by atoms with E-state index >= 15 is 0 Å². The molecule has 6 heteroatoms. The molecule has 0 spiro atoms. The normalized spacial score (nSPS) is 12.6. The van der Waals surface area contributed by atoms with E-state index in [1.54, 1.807) is 12.1 Å². The van der Waals surface area contributed by atoms with Crippen LogP contribution in [0.4, 0.5) is 13.2 Å². The van der Waals surface area contributed by atoms with Gasteiger partial charge in [0.15, 0.2) is 0 Å². The summed E-state index contributed by atoms with van der Waals surface area (Å²) in [5.41, 5.74) is 0.553. The van der Waals surface area contributed by atoms with Gasteiger partial charge < -0.3 is 14.2 Å². The summed E-state index contributed by atoms with van der Waals surface area (Å²) in [6.45, 7) is 4.06. The molecule has 0 aliphatic heterocycles. The van der Waals surface area contributed by atoms with Crippen molar-refractivity contribution in [3.05, 3.63) is 60.0 Å². The van der Waals surface area contributed by atoms with Crippen LogP contribution in [0.15, 0.2) is 36.4 Å². The second-order valence-corrected chi connectivity index (χ2v) is 5.12. The molecule has 1 radical (unpaired) electrons. The zero-order valence-electron chi connectivity index (χ0n) is 13.6. The molecule has 2 rings (SSSR count). The van der Waals surface area contributed by atoms with E-state index in [9.17, 15) is 13.2 Å². The molecule has 0 saturated heterocycles. The minimum Gasteiger partial charge on any atom is -0.496 e. The topological polar surface area (TPSA) is 27.7 Å². The van der Waals surface area contributed by atoms with Gasteiger partial charge in [-0.2, -0.15) is 13.2 Å². The van der Waals surface area contributed by atoms with E-state index in [0.29, 0.717) is 28.4 Å². The lowest BCUT2D eigenvalue weighted by Crippen LogP contribution is -2.07. The third-order valence-corrected chi connectivity index (χ3v) is 3.74. The fourth-order valence-corrected chi connectivity index (χ4v) is 2.45. The molecule has 0 amide bonds. The van der Waals surface area contributed by atoms with Gasteiger partial charge in [0.05, 0.1) is 26.9 Å². The highest BCUT2D eigenvalue weighted by atomic mass is 19.4. The number of hydrogen-bond acceptors (Lipinski definition) is 3. The Morgan fingerprint density at radius 3 is 1.75 bits per heavy atom. The summed E-state index contributed by atoms with van der Waals surface area (Å²) < 4.78 is 54.0. The predicted molar refractivity (Wildman–Crippen MR) is 84.7 cm³/mol. The maximum atomic E-state index is 12.7. The average molecular weight is 339 g/mol. The minimum atomic E-state index is -4.37. The molecule has 0 N–H and O–H groups in total. The number of methoxy groups -OCH3 is 3. The maximum absolute atomic E-state index is 12.7. The van der Waals surface area contributed by atoms with Gasteiger partial charge in [0.25, 0.3) is 0 Å². The van der Waals surface area contributed by atoms with Crippen LogP contribution in [-0.2, 0) is 6.18 Å². The van der Waals surface area contributed by atoms with Crippen molar-refractivity contribution in [2.45, 2.75) is 12.1 Å². The number of halogens is 3. The third-order valence-electron chi connectivity index (χ3n) is 3.74. The molecular weight excluding hydrogens is 321 g/mol. The van der Waals surface area contributed by atoms with Gasteiger partial charge >= 0.3 is 6.18 Å². The molecule has 0 aromatic heterocycles. The Kier molecular flexibility index (Phi) is 5.26. The van der Waals surface area contributed by atoms with E-state index in [2.05, 4.69) is 6.92 Å². The van der Waals surface area contributed by atoms with Crippen LogP contribution in [0.2, 0.25) is 0 Å². The number of benzene rings is 2. The smallest absolute Gasteiger partial charge is 0.416 e. The van der Waals surface area contributed by atoms with Crippen molar-refractivity contribution in [2.75, 3.05) is 21.3 Å². The van der Waals surface area contributed by atoms with Crippen molar-refractivity contribution in [3.8, 4) is 17.2 Å². The highest BCUT2D eigenvalue weighted by molar-refractivity contribution is 5.55. The zero-order valence-corrected chi connectivity index (χ0v) is 13.6. The van der Waals surface area contributed by atoms with Crippen molar-refractivity contribution in [3.63, 3.8) is 0 Å². The second-order valence-electron chi connectivity index (χ2n) is 5.12. The molecule has 0 bridgehead atoms. The van der Waals surface area contributed by atoms with E-state index < -0.39 is 17.7 Å². The summed E-state index contributed by atoms with van der Waals surface area (Å²) >= 11 is 0. The van der Waals surface area contributed by atoms with Crippen molar-refractivity contribution in [1.82, 2.24) is 0 Å². The number of hydrogen-bond donors (Lipinski definition) is 0. The molecule has 24 heavy (non-hydrogen) atoms. The van der Waals surface area contributed by atoms with Crippen molar-refractivity contribution >= 4 is 0 Å². The highest BCUT2D eigenvalue weighted by Gasteiger charge is 2.30. The first kappa shape index (κ1) is 18.0. The molecule has 1 atom stereocenters. The Morgan fingerprint density at radius 2 is 1.38 bits per heavy atom. The van der Waals surface area contributed by atoms with Crippen LogP contribution in [0.3, 0.4) is 0 Å². The van der Waals surface area contributed by atoms with Gasteiger partial charge in [0.1, 0.15) is 17.2 Å². The van der Waals surface area contributed by atoms with Crippen molar-refractivity contribution < 1.29 is 27.4 Å². The Hall–Kier alpha value is -2.37. The molecule has 0 aliphatic rings. The molecular formula is C18H18F3O3. The molecule has 0 aliphatic carbocycles. The van der Waals surface area contributed by atoms with E-state index in [1.807, 2.05) is 0 Å². The first-order valence-corrected chi connectivity index (χ1v) is 7.12. The highest BCUT2D eigenvalue weighted by Crippen LogP contribution is 2.42. The van der Waals surface area contributed by atoms with Crippen molar-refractivity contribution in [1.29, 1.82) is 0 Å². The van der Waals surface area contributed by atoms with Crippen LogP contribution >= 0.6 is 0 Å². The van der Waals surface area contributed by atoms with Gasteiger partial charge in [-0.3, -0.25) is 0 Å². The Morgan fingerprint density at radius 1 is 0.875 bits per heavy atom. The summed E-state index contributed by atoms with van der Waals surface area (Å²) in [5.74, 6) is 1.06. The van der Waals surface area contributed by atoms with E-state index in [4.69, 9.17) is 14.2 Å². The van der Waals surface area contributed by atoms with Crippen LogP contribution in [-0.4, -0.2) is 21.3 Å². The Labute approximate surface area is 139 Å². The monoisotopic (exact) mass is 339 g/mol. The second kappa shape index (κ2) is 7.03. The molecule has 0 heterocycles. The van der Waals surface area contributed by atoms with Crippen LogP contribution in [0.25, 0.3) is 0 Å². The predicted octanol–water partition coefficient (Wildman–Crippen LogP) is 4.70. The fourth-order valence-electron chi connectivity index (χ4n) is 2.45. The molecule has 1 unspecified atom stereocenters. The van der Waals surface area contributed by atoms with E-state index in [-0.39, 0.29) is 0 Å². The summed E-state index contributed by atoms with van der Waals surface area (Å²) in [4.78, 5) is 0. The lowest BCUT2D eigenvalue weighted by Gasteiger charge is -2.20. The van der Waals surface area contributed by atoms with Gasteiger partial charge in [-0.25, -0.2) is 0 Å². The van der Waals surface area contributed by atoms with Gasteiger partial charge in [-0.05, 0) is 24.6 Å². The Bertz CT molecular complexity index is 669. The quantitative estimate of drug-likeness (QED) is 0.790. The molecule has 0 saturated carbocycles. The van der Waals surface area contributed by atoms with Gasteiger partial charge in [0, 0.05) is 23.6 Å². The summed E-state index contributed by atoms with van der Waals surface area (Å²) in [7, 11) is 4.51. The SMILES string of the molecule is [CH2]C(c1ccc(C(F)(F)F)cc1)c1c(OC)cc(OC)cc1OC. The first-order chi connectivity index (χ1) is 11.3. The van der Waals surface area contributed by atoms with Crippen LogP contribution in [0.5, 0.6) is 17.2 Å². The van der Waals surface area contributed by atoms with Crippen molar-refractivity contribution in [2.24, 2.45) is 0 Å². The molecule has 129 valence electrons. The summed E-state index contributed by atoms with van der Waals surface area (Å²) in [6.07, 6.45) is -4.37. The molecule has 0 fully saturated rings.